The molecule has 5 heterocycles. The van der Waals surface area contributed by atoms with Crippen molar-refractivity contribution in [3.05, 3.63) is 0 Å². The van der Waals surface area contributed by atoms with Crippen LogP contribution in [0, 0.1) is 0 Å². The minimum Gasteiger partial charge on any atom is -0.394 e. The van der Waals surface area contributed by atoms with Crippen molar-refractivity contribution in [1.82, 2.24) is 31.5 Å². The summed E-state index contributed by atoms with van der Waals surface area (Å²) in [5.41, 5.74) is -2.49. The smallest absolute Gasteiger partial charge is 0.330 e. The molecule has 0 bridgehead atoms. The number of carbonyl (C=O) groups is 11. The highest BCUT2D eigenvalue weighted by atomic mass is 79.9. The third kappa shape index (κ3) is 35.8. The normalized spacial score (nSPS) is 29.4. The molecule has 22 atom stereocenters. The Morgan fingerprint density at radius 1 is 0.500 bits per heavy atom. The first-order valence-electron chi connectivity index (χ1n) is 39.2. The molecule has 5 aliphatic rings. The summed E-state index contributed by atoms with van der Waals surface area (Å²) in [5.74, 6) is -5.58. The Morgan fingerprint density at radius 2 is 0.898 bits per heavy atom. The number of aliphatic hydroxyl groups is 10. The van der Waals surface area contributed by atoms with Gasteiger partial charge < -0.3 is 153 Å². The summed E-state index contributed by atoms with van der Waals surface area (Å²) in [4.78, 5) is 166. The number of carbonyl (C=O) groups excluding carboxylic acids is 11. The van der Waals surface area contributed by atoms with Crippen LogP contribution in [-0.2, 0) is 118 Å². The number of ketones is 5. The lowest BCUT2D eigenvalue weighted by Gasteiger charge is -2.42. The van der Waals surface area contributed by atoms with E-state index in [1.54, 1.807) is 0 Å². The maximum Gasteiger partial charge on any atom is 0.330 e. The third-order valence-electron chi connectivity index (χ3n) is 19.6. The van der Waals surface area contributed by atoms with Crippen LogP contribution in [0.5, 0.6) is 0 Å². The molecule has 8 unspecified atom stereocenters. The van der Waals surface area contributed by atoms with E-state index in [1.165, 1.54) is 18.7 Å². The van der Waals surface area contributed by atoms with Gasteiger partial charge in [0.15, 0.2) is 18.9 Å². The van der Waals surface area contributed by atoms with Crippen molar-refractivity contribution in [3.63, 3.8) is 0 Å². The number of rotatable bonds is 57. The largest absolute Gasteiger partial charge is 0.394 e. The van der Waals surface area contributed by atoms with Crippen LogP contribution >= 0.6 is 31.1 Å². The second-order valence-corrected chi connectivity index (χ2v) is 35.0. The lowest BCUT2D eigenvalue weighted by Crippen LogP contribution is -2.64. The van der Waals surface area contributed by atoms with E-state index in [9.17, 15) is 118 Å². The Labute approximate surface area is 691 Å². The summed E-state index contributed by atoms with van der Waals surface area (Å²) in [6.45, 7) is -0.0190. The quantitative estimate of drug-likeness (QED) is 0.0154. The van der Waals surface area contributed by atoms with Gasteiger partial charge in [0.2, 0.25) is 43.0 Å². The fraction of sp³-hybridized carbons (Fsp3) is 0.833. The molecule has 0 saturated carbocycles. The minimum atomic E-state index is -4.04. The second kappa shape index (κ2) is 52.1. The molecule has 17 N–H and O–H groups in total. The number of nitrogens with one attached hydrogen (secondary N) is 5. The van der Waals surface area contributed by atoms with Crippen molar-refractivity contribution < 1.29 is 179 Å². The Morgan fingerprint density at radius 3 is 1.30 bits per heavy atom. The molecule has 6 amide bonds. The molecule has 5 saturated heterocycles. The molecule has 0 aromatic rings. The van der Waals surface area contributed by atoms with Gasteiger partial charge in [0.05, 0.1) is 116 Å². The summed E-state index contributed by atoms with van der Waals surface area (Å²) < 4.78 is 86.9. The fourth-order valence-electron chi connectivity index (χ4n) is 13.1. The Kier molecular flexibility index (Phi) is 45.8. The number of Topliss-reactive ketones (excluding diaryl/α,β-unsaturated/α-hetero) is 5. The topological polar surface area (TPSA) is 631 Å². The van der Waals surface area contributed by atoms with Crippen molar-refractivity contribution in [2.45, 2.75) is 276 Å². The van der Waals surface area contributed by atoms with Gasteiger partial charge in [-0.25, -0.2) is 0 Å². The molecule has 5 rings (SSSR count). The summed E-state index contributed by atoms with van der Waals surface area (Å²) in [5, 5.41) is 115. The first-order chi connectivity index (χ1) is 55.7. The van der Waals surface area contributed by atoms with Crippen LogP contribution in [-0.4, -0.2) is 374 Å². The summed E-state index contributed by atoms with van der Waals surface area (Å²) >= 11 is 3.32. The third-order valence-corrected chi connectivity index (χ3v) is 23.2. The number of ether oxygens (including phenoxy) is 10. The predicted molar refractivity (Wildman–Crippen MR) is 411 cm³/mol. The first kappa shape index (κ1) is 104. The molecule has 0 aliphatic carbocycles. The summed E-state index contributed by atoms with van der Waals surface area (Å²) in [7, 11) is -8.04. The SMILES string of the molecule is C=P(O)(OC[C@@H]1C[C@@H](O)CN1C(=O)CCC(=O)NC(COCCC(=O)CCCC(=O)CCO[C@@H]1OC(CO)[C@H](O)[C@H](O)C1NC(C)=O)(COCCC(=O)CCCC(=O)CCO[C@@H]1OC(CO)[C@H](O)[C@H](O)C1NC(C)=O)COCCC(=O)NCCC(=O)CCO[C@@H]1OC(CO)[C@H](O)[C@H](O)C1NC(C)=O)O[C@H]1C[C@H](Br)O[C@@H]1COP(=O)(O)C(C)C. The van der Waals surface area contributed by atoms with E-state index in [0.29, 0.717) is 0 Å². The Hall–Kier alpha value is -4.82. The zero-order valence-electron chi connectivity index (χ0n) is 67.0. The molecule has 0 spiro atoms. The second-order valence-electron chi connectivity index (χ2n) is 29.8. The Bertz CT molecular complexity index is 3090. The zero-order valence-corrected chi connectivity index (χ0v) is 70.3. The number of hydrogen-bond acceptors (Lipinski definition) is 36. The highest BCUT2D eigenvalue weighted by molar-refractivity contribution is 9.09. The highest BCUT2D eigenvalue weighted by Gasteiger charge is 2.49. The van der Waals surface area contributed by atoms with Crippen LogP contribution < -0.4 is 26.6 Å². The number of aliphatic hydroxyl groups excluding tert-OH is 10. The average molecular weight is 1800 g/mol. The fourth-order valence-corrected chi connectivity index (χ4v) is 15.5. The maximum absolute atomic E-state index is 14.4. The molecular formula is C72H121BrN6O37P2. The van der Waals surface area contributed by atoms with E-state index < -0.39 is 248 Å². The van der Waals surface area contributed by atoms with Crippen molar-refractivity contribution in [2.24, 2.45) is 0 Å². The van der Waals surface area contributed by atoms with E-state index in [-0.39, 0.29) is 179 Å². The van der Waals surface area contributed by atoms with Crippen LogP contribution in [0.15, 0.2) is 0 Å². The average Bonchev–Trinajstić information content (AvgIpc) is 1.28. The van der Waals surface area contributed by atoms with E-state index in [1.807, 2.05) is 0 Å². The number of hydrogen-bond donors (Lipinski definition) is 17. The van der Waals surface area contributed by atoms with Crippen molar-refractivity contribution in [3.8, 4) is 0 Å². The van der Waals surface area contributed by atoms with Gasteiger partial charge in [-0.15, -0.1) is 0 Å². The van der Waals surface area contributed by atoms with Gasteiger partial charge in [0.25, 0.3) is 0 Å². The van der Waals surface area contributed by atoms with E-state index >= 15 is 0 Å². The number of nitrogens with zero attached hydrogens (tertiary/aromatic N) is 1. The minimum absolute atomic E-state index is 0.0333. The van der Waals surface area contributed by atoms with Crippen LogP contribution in [0.4, 0.5) is 0 Å². The van der Waals surface area contributed by atoms with Crippen LogP contribution in [0.25, 0.3) is 0 Å². The van der Waals surface area contributed by atoms with Crippen molar-refractivity contribution in [2.75, 3.05) is 106 Å². The van der Waals surface area contributed by atoms with Crippen molar-refractivity contribution >= 4 is 102 Å². The molecular weight excluding hydrogens is 1680 g/mol. The van der Waals surface area contributed by atoms with E-state index in [0.717, 1.165) is 20.8 Å². The number of β-amino-alcohol motifs (C(OH)–C–C–N with tert-alkyl or cyclic N) is 1. The number of halogens is 1. The molecule has 118 heavy (non-hydrogen) atoms. The monoisotopic (exact) mass is 1800 g/mol. The van der Waals surface area contributed by atoms with Crippen LogP contribution in [0.1, 0.15) is 144 Å². The molecule has 678 valence electrons. The summed E-state index contributed by atoms with van der Waals surface area (Å²) in [6.07, 6.45) is -19.2. The maximum atomic E-state index is 14.4. The van der Waals surface area contributed by atoms with Gasteiger partial charge in [-0.1, -0.05) is 29.8 Å². The standard InChI is InChI=1S/C72H121BrN6O37P2/c1-40(2)118(102,103)111-36-55-51(30-56(73)112-55)116-117(6,101)110-35-44-29-50(91)31-79(44)59(94)14-13-58(93)78-72(37-104-23-16-45(86)9-7-11-47(88)18-26-107-69-60(75-41(3)83)66(98)63(95)52(32-80)113-69,38-105-24-17-46(87)10-8-12-48(89)19-27-108-70-61(76-42(4)84)67(99)64(96)53(33-81)114-70)39-106-25-21-57(92)74-22-15-49(90)20-28-109-71-62(77-43(5)85)68(100)65(97)54(34-82)115-71/h40,44,50-56,60-71,80-82,91,95-101H,6-39H2,1-5H3,(H,74,92)(H,75,83)(H,76,84)(H,77,85)(H,78,93)(H,102,103)/t44-,50+,51-,52?,53?,54?,55+,56+,60?,61?,62?,63-,64-,65-,66+,67+,68+,69+,70+,71+,72?,117?/m0/s1. The lowest BCUT2D eigenvalue weighted by atomic mass is 9.97. The van der Waals surface area contributed by atoms with Crippen LogP contribution in [0.2, 0.25) is 0 Å². The van der Waals surface area contributed by atoms with Gasteiger partial charge in [-0.3, -0.25) is 57.3 Å². The van der Waals surface area contributed by atoms with E-state index in [4.69, 9.17) is 60.9 Å². The molecule has 0 aromatic carbocycles. The van der Waals surface area contributed by atoms with Crippen LogP contribution in [0.3, 0.4) is 0 Å². The van der Waals surface area contributed by atoms with Crippen molar-refractivity contribution in [1.29, 1.82) is 0 Å². The Balaban J connectivity index is 1.26. The molecule has 5 fully saturated rings. The van der Waals surface area contributed by atoms with Gasteiger partial charge in [-0.05, 0) is 25.6 Å². The van der Waals surface area contributed by atoms with Gasteiger partial charge >= 0.3 is 7.60 Å². The molecule has 46 heteroatoms. The number of likely N-dealkylation sites (tertiary alicyclic amines) is 1. The molecule has 5 aliphatic heterocycles. The lowest BCUT2D eigenvalue weighted by molar-refractivity contribution is -0.269. The summed E-state index contributed by atoms with van der Waals surface area (Å²) in [6, 6.07) is -4.62. The zero-order chi connectivity index (χ0) is 87.6. The van der Waals surface area contributed by atoms with Gasteiger partial charge in [0.1, 0.15) is 119 Å². The van der Waals surface area contributed by atoms with Gasteiger partial charge in [-0.2, -0.15) is 0 Å². The highest BCUT2D eigenvalue weighted by Crippen LogP contribution is 2.51. The van der Waals surface area contributed by atoms with E-state index in [2.05, 4.69) is 48.8 Å². The molecule has 0 aromatic heterocycles. The molecule has 0 radical (unpaired) electrons. The number of alkyl halides is 1. The molecule has 43 nitrogen and oxygen atoms in total. The number of amides is 6. The van der Waals surface area contributed by atoms with Gasteiger partial charge in [0, 0.05) is 124 Å². The predicted octanol–water partition coefficient (Wildman–Crippen LogP) is -4.74. The first-order valence-corrected chi connectivity index (χ1v) is 43.5.